The molecule has 0 aromatic heterocycles. The van der Waals surface area contributed by atoms with Crippen LogP contribution in [0.5, 0.6) is 5.75 Å². The first-order chi connectivity index (χ1) is 14.9. The average molecular weight is 492 g/mol. The molecule has 1 aliphatic carbocycles. The largest absolute Gasteiger partial charge is 1.00 e. The van der Waals surface area contributed by atoms with Crippen molar-refractivity contribution in [1.82, 2.24) is 0 Å². The number of methoxy groups -OCH3 is 1. The molecule has 0 bridgehead atoms. The van der Waals surface area contributed by atoms with E-state index in [0.29, 0.717) is 30.6 Å². The number of nitrogens with zero attached hydrogens (tertiary/aromatic N) is 1. The topological polar surface area (TPSA) is 157 Å². The first-order valence-electron chi connectivity index (χ1n) is 10.7. The van der Waals surface area contributed by atoms with Crippen molar-refractivity contribution >= 4 is 5.97 Å². The molecule has 33 heavy (non-hydrogen) atoms. The van der Waals surface area contributed by atoms with Crippen LogP contribution in [0.25, 0.3) is 0 Å². The zero-order valence-electron chi connectivity index (χ0n) is 18.9. The summed E-state index contributed by atoms with van der Waals surface area (Å²) in [7, 11) is 4.88. The molecule has 11 heteroatoms. The van der Waals surface area contributed by atoms with E-state index in [0.717, 1.165) is 0 Å². The Hall–Kier alpha value is -1.50. The molecule has 1 aliphatic heterocycles. The molecule has 188 valence electrons. The van der Waals surface area contributed by atoms with Crippen LogP contribution in [0.2, 0.25) is 0 Å². The van der Waals surface area contributed by atoms with Gasteiger partial charge in [0, 0.05) is 5.92 Å². The van der Waals surface area contributed by atoms with Crippen LogP contribution < -0.4 is 17.1 Å². The lowest BCUT2D eigenvalue weighted by Gasteiger charge is -2.51. The highest BCUT2D eigenvalue weighted by Crippen LogP contribution is 2.44. The molecule has 2 fully saturated rings. The van der Waals surface area contributed by atoms with Crippen LogP contribution in [-0.4, -0.2) is 106 Å². The number of aliphatic hydroxyl groups is 5. The fourth-order valence-electron chi connectivity index (χ4n) is 5.12. The van der Waals surface area contributed by atoms with E-state index in [1.807, 2.05) is 0 Å². The second-order valence-corrected chi connectivity index (χ2v) is 9.42. The predicted molar refractivity (Wildman–Crippen MR) is 112 cm³/mol. The van der Waals surface area contributed by atoms with Crippen LogP contribution in [0.15, 0.2) is 24.3 Å². The van der Waals surface area contributed by atoms with Gasteiger partial charge >= 0.3 is 5.97 Å². The van der Waals surface area contributed by atoms with Crippen molar-refractivity contribution < 1.29 is 61.8 Å². The summed E-state index contributed by atoms with van der Waals surface area (Å²) in [4.78, 5) is 11.5. The highest BCUT2D eigenvalue weighted by Gasteiger charge is 2.56. The number of quaternary nitrogens is 1. The zero-order chi connectivity index (χ0) is 23.8. The molecule has 1 saturated carbocycles. The fourth-order valence-corrected chi connectivity index (χ4v) is 5.12. The highest BCUT2D eigenvalue weighted by atomic mass is 35.5. The second kappa shape index (κ2) is 10.4. The predicted octanol–water partition coefficient (Wildman–Crippen LogP) is -3.98. The first kappa shape index (κ1) is 27.7. The molecule has 10 nitrogen and oxygen atoms in total. The Morgan fingerprint density at radius 1 is 1.15 bits per heavy atom. The summed E-state index contributed by atoms with van der Waals surface area (Å²) in [5.41, 5.74) is -1.11. The van der Waals surface area contributed by atoms with E-state index in [2.05, 4.69) is 0 Å². The van der Waals surface area contributed by atoms with Crippen molar-refractivity contribution in [1.29, 1.82) is 0 Å². The van der Waals surface area contributed by atoms with Crippen molar-refractivity contribution in [3.05, 3.63) is 29.8 Å². The van der Waals surface area contributed by atoms with Crippen LogP contribution in [0, 0.1) is 5.92 Å². The maximum Gasteiger partial charge on any atom is 0.335 e. The third-order valence-corrected chi connectivity index (χ3v) is 6.90. The Morgan fingerprint density at radius 2 is 1.82 bits per heavy atom. The van der Waals surface area contributed by atoms with Gasteiger partial charge in [0.2, 0.25) is 6.23 Å². The molecule has 2 aliphatic rings. The molecule has 8 atom stereocenters. The molecular formula is C22H34ClNO9. The fraction of sp³-hybridized carbons (Fsp3) is 0.682. The first-order valence-corrected chi connectivity index (χ1v) is 10.7. The Morgan fingerprint density at radius 3 is 2.42 bits per heavy atom. The van der Waals surface area contributed by atoms with Crippen molar-refractivity contribution in [3.8, 4) is 5.75 Å². The van der Waals surface area contributed by atoms with E-state index < -0.39 is 54.2 Å². The van der Waals surface area contributed by atoms with Gasteiger partial charge in [-0.15, -0.1) is 0 Å². The van der Waals surface area contributed by atoms with Gasteiger partial charge in [0.05, 0.1) is 33.9 Å². The van der Waals surface area contributed by atoms with Crippen molar-refractivity contribution in [2.45, 2.75) is 61.6 Å². The van der Waals surface area contributed by atoms with Gasteiger partial charge in [-0.3, -0.25) is 0 Å². The van der Waals surface area contributed by atoms with Crippen LogP contribution in [0.4, 0.5) is 0 Å². The molecule has 8 unspecified atom stereocenters. The maximum atomic E-state index is 11.8. The van der Waals surface area contributed by atoms with Gasteiger partial charge in [0.1, 0.15) is 23.6 Å². The molecule has 6 N–H and O–H groups in total. The van der Waals surface area contributed by atoms with Crippen molar-refractivity contribution in [3.63, 3.8) is 0 Å². The molecule has 1 heterocycles. The van der Waals surface area contributed by atoms with Gasteiger partial charge in [0.15, 0.2) is 12.2 Å². The summed E-state index contributed by atoms with van der Waals surface area (Å²) >= 11 is 0. The Kier molecular flexibility index (Phi) is 8.75. The lowest BCUT2D eigenvalue weighted by Crippen LogP contribution is -3.00. The smallest absolute Gasteiger partial charge is 0.335 e. The monoisotopic (exact) mass is 491 g/mol. The van der Waals surface area contributed by atoms with Crippen molar-refractivity contribution in [2.75, 3.05) is 27.7 Å². The van der Waals surface area contributed by atoms with Crippen LogP contribution in [0.1, 0.15) is 24.8 Å². The number of halogens is 1. The summed E-state index contributed by atoms with van der Waals surface area (Å²) in [5, 5.41) is 62.7. The molecule has 0 radical (unpaired) electrons. The highest BCUT2D eigenvalue weighted by molar-refractivity contribution is 5.73. The summed E-state index contributed by atoms with van der Waals surface area (Å²) in [6.07, 6.45) is -7.29. The number of hydrogen-bond acceptors (Lipinski definition) is 8. The van der Waals surface area contributed by atoms with E-state index in [9.17, 15) is 35.4 Å². The standard InChI is InChI=1S/C22H33NO9.ClH/c1-23(2,20-18(27)16(25)17(26)19(32-20)21(28)29)11-13-7-5-9-15(24)22(13,30)12-6-4-8-14(10-12)31-3;/h4,6,8,10,13,15-20,24-27,30H,5,7,9,11H2,1-3H3;1H. The van der Waals surface area contributed by atoms with E-state index in [4.69, 9.17) is 9.47 Å². The van der Waals surface area contributed by atoms with E-state index >= 15 is 0 Å². The van der Waals surface area contributed by atoms with Gasteiger partial charge in [-0.2, -0.15) is 0 Å². The summed E-state index contributed by atoms with van der Waals surface area (Å²) in [5.74, 6) is -1.39. The average Bonchev–Trinajstić information content (AvgIpc) is 2.74. The number of carboxylic acid groups (broad SMARTS) is 1. The number of benzene rings is 1. The van der Waals surface area contributed by atoms with E-state index in [1.54, 1.807) is 38.4 Å². The third-order valence-electron chi connectivity index (χ3n) is 6.90. The number of carbonyl (C=O) groups is 1. The minimum absolute atomic E-state index is 0. The van der Waals surface area contributed by atoms with E-state index in [1.165, 1.54) is 7.11 Å². The Bertz CT molecular complexity index is 825. The molecule has 0 spiro atoms. The summed E-state index contributed by atoms with van der Waals surface area (Å²) in [6, 6.07) is 6.86. The quantitative estimate of drug-likeness (QED) is 0.218. The molecule has 1 aromatic rings. The second-order valence-electron chi connectivity index (χ2n) is 9.42. The van der Waals surface area contributed by atoms with Gasteiger partial charge in [-0.25, -0.2) is 4.79 Å². The minimum Gasteiger partial charge on any atom is -1.00 e. The molecular weight excluding hydrogens is 458 g/mol. The minimum atomic E-state index is -1.77. The number of aliphatic carboxylic acids is 1. The number of rotatable bonds is 6. The van der Waals surface area contributed by atoms with E-state index in [-0.39, 0.29) is 23.4 Å². The van der Waals surface area contributed by atoms with Crippen LogP contribution >= 0.6 is 0 Å². The summed E-state index contributed by atoms with van der Waals surface area (Å²) < 4.78 is 10.7. The maximum absolute atomic E-state index is 11.8. The van der Waals surface area contributed by atoms with Crippen LogP contribution in [0.3, 0.4) is 0 Å². The number of hydrogen-bond donors (Lipinski definition) is 6. The molecule has 1 aromatic carbocycles. The van der Waals surface area contributed by atoms with Crippen molar-refractivity contribution in [2.24, 2.45) is 5.92 Å². The Labute approximate surface area is 199 Å². The Balaban J connectivity index is 0.00000385. The molecule has 1 saturated heterocycles. The lowest BCUT2D eigenvalue weighted by atomic mass is 9.69. The number of ether oxygens (including phenoxy) is 2. The summed E-state index contributed by atoms with van der Waals surface area (Å²) in [6.45, 7) is 0.196. The van der Waals surface area contributed by atoms with Gasteiger partial charge in [-0.1, -0.05) is 18.6 Å². The third kappa shape index (κ3) is 5.13. The molecule has 0 amide bonds. The number of likely N-dealkylation sites (N-methyl/N-ethyl adjacent to an activating group) is 1. The number of aliphatic hydroxyl groups excluding tert-OH is 4. The zero-order valence-corrected chi connectivity index (χ0v) is 19.7. The normalized spacial score (nSPS) is 37.2. The van der Waals surface area contributed by atoms with Gasteiger partial charge < -0.3 is 57.0 Å². The van der Waals surface area contributed by atoms with Gasteiger partial charge in [-0.05, 0) is 30.5 Å². The SMILES string of the molecule is COc1cccc(C2(O)C(O)CCCC2C[N+](C)(C)C2OC(C(=O)O)C(O)C(O)C2O)c1.[Cl-]. The van der Waals surface area contributed by atoms with Gasteiger partial charge in [0.25, 0.3) is 0 Å². The molecule has 3 rings (SSSR count). The number of carboxylic acids is 1. The lowest BCUT2D eigenvalue weighted by molar-refractivity contribution is -0.948. The van der Waals surface area contributed by atoms with Crippen LogP contribution in [-0.2, 0) is 15.1 Å².